The summed E-state index contributed by atoms with van der Waals surface area (Å²) < 4.78 is 42.2. The molecule has 0 radical (unpaired) electrons. The molecule has 1 aliphatic rings. The summed E-state index contributed by atoms with van der Waals surface area (Å²) in [5.41, 5.74) is -1.43. The maximum atomic E-state index is 14.1. The van der Waals surface area contributed by atoms with Crippen molar-refractivity contribution in [3.05, 3.63) is 70.9 Å². The smallest absolute Gasteiger partial charge is 0.361 e. The number of amidine groups is 1. The molecule has 32 heavy (non-hydrogen) atoms. The standard InChI is InChI=1S/C22H18ClF3N4O2/c1-13(31)28-21(22(24,25)26)20(32)30(19(29-21)14-5-3-2-4-6-14)10-9-15-12-27-18-8-7-16(23)11-17(15)18/h2-8,11-12,27H,9-10H2,1H3,(H,28,31). The molecule has 1 aliphatic heterocycles. The molecule has 0 saturated carbocycles. The normalized spacial score (nSPS) is 18.8. The number of benzene rings is 2. The summed E-state index contributed by atoms with van der Waals surface area (Å²) in [4.78, 5) is 32.5. The average Bonchev–Trinajstić information content (AvgIpc) is 3.25. The Morgan fingerprint density at radius 1 is 1.22 bits per heavy atom. The third kappa shape index (κ3) is 3.73. The van der Waals surface area contributed by atoms with E-state index in [2.05, 4.69) is 9.98 Å². The number of aromatic nitrogens is 1. The van der Waals surface area contributed by atoms with Crippen molar-refractivity contribution < 1.29 is 22.8 Å². The van der Waals surface area contributed by atoms with Crippen LogP contribution < -0.4 is 5.32 Å². The minimum absolute atomic E-state index is 0.0799. The van der Waals surface area contributed by atoms with Crippen molar-refractivity contribution in [2.24, 2.45) is 4.99 Å². The highest BCUT2D eigenvalue weighted by molar-refractivity contribution is 6.31. The molecule has 4 rings (SSSR count). The van der Waals surface area contributed by atoms with Crippen molar-refractivity contribution >= 4 is 40.2 Å². The maximum Gasteiger partial charge on any atom is 0.442 e. The second-order valence-electron chi connectivity index (χ2n) is 7.40. The molecule has 0 saturated heterocycles. The third-order valence-corrected chi connectivity index (χ3v) is 5.45. The Kier molecular flexibility index (Phi) is 5.46. The molecule has 1 unspecified atom stereocenters. The summed E-state index contributed by atoms with van der Waals surface area (Å²) in [5.74, 6) is -2.52. The minimum Gasteiger partial charge on any atom is -0.361 e. The van der Waals surface area contributed by atoms with E-state index < -0.39 is 23.7 Å². The highest BCUT2D eigenvalue weighted by atomic mass is 35.5. The van der Waals surface area contributed by atoms with Gasteiger partial charge in [0.2, 0.25) is 5.91 Å². The number of hydrogen-bond acceptors (Lipinski definition) is 3. The molecular formula is C22H18ClF3N4O2. The molecule has 1 atom stereocenters. The zero-order chi connectivity index (χ0) is 23.1. The average molecular weight is 463 g/mol. The highest BCUT2D eigenvalue weighted by Gasteiger charge is 2.66. The van der Waals surface area contributed by atoms with Crippen LogP contribution in [0.5, 0.6) is 0 Å². The van der Waals surface area contributed by atoms with Crippen LogP contribution in [-0.4, -0.2) is 45.9 Å². The number of aliphatic imine (C=N–C) groups is 1. The molecule has 0 bridgehead atoms. The molecule has 0 aliphatic carbocycles. The van der Waals surface area contributed by atoms with Crippen LogP contribution in [0, 0.1) is 0 Å². The fraction of sp³-hybridized carbons (Fsp3) is 0.227. The quantitative estimate of drug-likeness (QED) is 0.600. The lowest BCUT2D eigenvalue weighted by Gasteiger charge is -2.28. The van der Waals surface area contributed by atoms with Gasteiger partial charge in [-0.15, -0.1) is 0 Å². The lowest BCUT2D eigenvalue weighted by atomic mass is 10.1. The van der Waals surface area contributed by atoms with Crippen LogP contribution in [0.25, 0.3) is 10.9 Å². The van der Waals surface area contributed by atoms with E-state index >= 15 is 0 Å². The third-order valence-electron chi connectivity index (χ3n) is 5.22. The van der Waals surface area contributed by atoms with Crippen LogP contribution in [0.15, 0.2) is 59.7 Å². The molecule has 0 spiro atoms. The van der Waals surface area contributed by atoms with E-state index in [0.29, 0.717) is 10.6 Å². The van der Waals surface area contributed by atoms with Crippen LogP contribution in [0.1, 0.15) is 18.1 Å². The van der Waals surface area contributed by atoms with E-state index in [1.807, 2.05) is 0 Å². The topological polar surface area (TPSA) is 77.6 Å². The molecule has 3 aromatic rings. The zero-order valence-electron chi connectivity index (χ0n) is 16.8. The van der Waals surface area contributed by atoms with Crippen LogP contribution in [0.4, 0.5) is 13.2 Å². The number of carbonyl (C=O) groups is 2. The van der Waals surface area contributed by atoms with Gasteiger partial charge < -0.3 is 10.3 Å². The number of amides is 2. The summed E-state index contributed by atoms with van der Waals surface area (Å²) in [7, 11) is 0. The fourth-order valence-corrected chi connectivity index (χ4v) is 3.93. The van der Waals surface area contributed by atoms with E-state index in [9.17, 15) is 22.8 Å². The second-order valence-corrected chi connectivity index (χ2v) is 7.84. The molecule has 6 nitrogen and oxygen atoms in total. The molecule has 0 fully saturated rings. The number of nitrogens with zero attached hydrogens (tertiary/aromatic N) is 2. The van der Waals surface area contributed by atoms with Gasteiger partial charge in [0.15, 0.2) is 0 Å². The van der Waals surface area contributed by atoms with Crippen molar-refractivity contribution in [1.29, 1.82) is 0 Å². The van der Waals surface area contributed by atoms with Crippen LogP contribution in [0.3, 0.4) is 0 Å². The number of aromatic amines is 1. The summed E-state index contributed by atoms with van der Waals surface area (Å²) >= 11 is 6.07. The lowest BCUT2D eigenvalue weighted by molar-refractivity contribution is -0.199. The first kappa shape index (κ1) is 21.9. The van der Waals surface area contributed by atoms with Gasteiger partial charge in [-0.1, -0.05) is 41.9 Å². The number of halogens is 4. The van der Waals surface area contributed by atoms with E-state index in [4.69, 9.17) is 11.6 Å². The van der Waals surface area contributed by atoms with E-state index in [-0.39, 0.29) is 18.8 Å². The van der Waals surface area contributed by atoms with Crippen molar-refractivity contribution in [1.82, 2.24) is 15.2 Å². The number of nitrogens with one attached hydrogen (secondary N) is 2. The monoisotopic (exact) mass is 462 g/mol. The summed E-state index contributed by atoms with van der Waals surface area (Å²) in [6, 6.07) is 13.4. The number of hydrogen-bond donors (Lipinski definition) is 2. The van der Waals surface area contributed by atoms with Gasteiger partial charge in [0.05, 0.1) is 0 Å². The van der Waals surface area contributed by atoms with Gasteiger partial charge >= 0.3 is 11.8 Å². The number of alkyl halides is 3. The second kappa shape index (κ2) is 7.98. The Bertz CT molecular complexity index is 1220. The van der Waals surface area contributed by atoms with E-state index in [1.54, 1.807) is 60.0 Å². The van der Waals surface area contributed by atoms with Crippen molar-refractivity contribution in [3.63, 3.8) is 0 Å². The first-order chi connectivity index (χ1) is 15.1. The Labute approximate surface area is 186 Å². The van der Waals surface area contributed by atoms with Crippen molar-refractivity contribution in [2.45, 2.75) is 25.2 Å². The molecule has 2 aromatic carbocycles. The van der Waals surface area contributed by atoms with Gasteiger partial charge in [0.1, 0.15) is 5.84 Å². The summed E-state index contributed by atoms with van der Waals surface area (Å²) in [6.45, 7) is 0.834. The van der Waals surface area contributed by atoms with Crippen LogP contribution in [0.2, 0.25) is 5.02 Å². The van der Waals surface area contributed by atoms with Gasteiger partial charge in [0, 0.05) is 41.2 Å². The Morgan fingerprint density at radius 3 is 2.59 bits per heavy atom. The van der Waals surface area contributed by atoms with Crippen molar-refractivity contribution in [2.75, 3.05) is 6.54 Å². The van der Waals surface area contributed by atoms with Crippen LogP contribution >= 0.6 is 11.6 Å². The number of fused-ring (bicyclic) bond motifs is 1. The predicted octanol–water partition coefficient (Wildman–Crippen LogP) is 4.05. The highest BCUT2D eigenvalue weighted by Crippen LogP contribution is 2.38. The van der Waals surface area contributed by atoms with Gasteiger partial charge in [-0.2, -0.15) is 13.2 Å². The molecule has 166 valence electrons. The molecule has 2 heterocycles. The maximum absolute atomic E-state index is 14.1. The predicted molar refractivity (Wildman–Crippen MR) is 114 cm³/mol. The number of carbonyl (C=O) groups excluding carboxylic acids is 2. The van der Waals surface area contributed by atoms with E-state index in [1.165, 1.54) is 0 Å². The minimum atomic E-state index is -5.13. The molecular weight excluding hydrogens is 445 g/mol. The molecule has 2 N–H and O–H groups in total. The largest absolute Gasteiger partial charge is 0.442 e. The van der Waals surface area contributed by atoms with Crippen LogP contribution in [-0.2, 0) is 16.0 Å². The molecule has 2 amide bonds. The lowest BCUT2D eigenvalue weighted by Crippen LogP contribution is -2.63. The van der Waals surface area contributed by atoms with Gasteiger partial charge in [-0.3, -0.25) is 14.5 Å². The number of rotatable bonds is 5. The summed E-state index contributed by atoms with van der Waals surface area (Å²) in [5, 5.41) is 3.07. The fourth-order valence-electron chi connectivity index (χ4n) is 3.75. The first-order valence-electron chi connectivity index (χ1n) is 9.70. The summed E-state index contributed by atoms with van der Waals surface area (Å²) in [6.07, 6.45) is -3.16. The number of H-pyrrole nitrogens is 1. The van der Waals surface area contributed by atoms with Gasteiger partial charge in [-0.25, -0.2) is 4.99 Å². The zero-order valence-corrected chi connectivity index (χ0v) is 17.6. The van der Waals surface area contributed by atoms with Crippen molar-refractivity contribution in [3.8, 4) is 0 Å². The van der Waals surface area contributed by atoms with E-state index in [0.717, 1.165) is 28.3 Å². The molecule has 1 aromatic heterocycles. The van der Waals surface area contributed by atoms with Gasteiger partial charge in [0.25, 0.3) is 5.91 Å². The Hall–Kier alpha value is -3.33. The van der Waals surface area contributed by atoms with Gasteiger partial charge in [-0.05, 0) is 30.2 Å². The Morgan fingerprint density at radius 2 is 1.94 bits per heavy atom. The first-order valence-corrected chi connectivity index (χ1v) is 10.1. The SMILES string of the molecule is CC(=O)NC1(C(F)(F)F)N=C(c2ccccc2)N(CCc2c[nH]c3ccc(Cl)cc23)C1=O. The Balaban J connectivity index is 1.74. The molecule has 10 heteroatoms.